The second kappa shape index (κ2) is 8.03. The third kappa shape index (κ3) is 5.30. The maximum Gasteiger partial charge on any atom is 0.226 e. The van der Waals surface area contributed by atoms with Gasteiger partial charge in [0, 0.05) is 23.6 Å². The first-order valence-electron chi connectivity index (χ1n) is 7.16. The lowest BCUT2D eigenvalue weighted by Gasteiger charge is -2.08. The molecule has 0 aliphatic carbocycles. The number of amides is 2. The molecule has 0 saturated carbocycles. The van der Waals surface area contributed by atoms with Gasteiger partial charge in [-0.1, -0.05) is 35.9 Å². The number of hydrogen-bond donors (Lipinski definition) is 2. The van der Waals surface area contributed by atoms with Gasteiger partial charge in [0.15, 0.2) is 0 Å². The second-order valence-electron chi connectivity index (χ2n) is 4.91. The molecule has 0 spiro atoms. The van der Waals surface area contributed by atoms with E-state index in [1.54, 1.807) is 12.1 Å². The van der Waals surface area contributed by atoms with Gasteiger partial charge in [-0.2, -0.15) is 0 Å². The van der Waals surface area contributed by atoms with Gasteiger partial charge in [0.2, 0.25) is 16.9 Å². The van der Waals surface area contributed by atoms with Crippen LogP contribution in [-0.2, 0) is 16.0 Å². The fourth-order valence-corrected chi connectivity index (χ4v) is 2.67. The van der Waals surface area contributed by atoms with Gasteiger partial charge in [-0.25, -0.2) is 0 Å². The molecule has 0 atom stereocenters. The fourth-order valence-electron chi connectivity index (χ4n) is 1.80. The molecule has 1 aromatic carbocycles. The zero-order chi connectivity index (χ0) is 16.8. The number of carbonyl (C=O) groups is 2. The van der Waals surface area contributed by atoms with Crippen LogP contribution in [0.15, 0.2) is 18.2 Å². The molecule has 0 aliphatic rings. The Morgan fingerprint density at radius 1 is 1.17 bits per heavy atom. The fraction of sp³-hybridized carbons (Fsp3) is 0.333. The van der Waals surface area contributed by atoms with Gasteiger partial charge >= 0.3 is 0 Å². The zero-order valence-electron chi connectivity index (χ0n) is 12.9. The molecule has 2 amide bonds. The third-order valence-electron chi connectivity index (χ3n) is 3.07. The minimum atomic E-state index is -0.262. The molecule has 0 unspecified atom stereocenters. The van der Waals surface area contributed by atoms with Crippen molar-refractivity contribution in [3.8, 4) is 0 Å². The highest BCUT2D eigenvalue weighted by Gasteiger charge is 2.11. The first-order chi connectivity index (χ1) is 11.0. The Morgan fingerprint density at radius 3 is 2.52 bits per heavy atom. The van der Waals surface area contributed by atoms with Crippen molar-refractivity contribution in [1.82, 2.24) is 10.2 Å². The number of anilines is 2. The molecule has 2 rings (SSSR count). The highest BCUT2D eigenvalue weighted by Crippen LogP contribution is 2.20. The summed E-state index contributed by atoms with van der Waals surface area (Å²) in [6.45, 7) is 3.84. The highest BCUT2D eigenvalue weighted by molar-refractivity contribution is 7.15. The number of carbonyl (C=O) groups excluding carboxylic acids is 2. The van der Waals surface area contributed by atoms with Crippen LogP contribution < -0.4 is 10.6 Å². The number of aromatic nitrogens is 2. The largest absolute Gasteiger partial charge is 0.326 e. The number of aryl methyl sites for hydroxylation is 2. The summed E-state index contributed by atoms with van der Waals surface area (Å²) in [4.78, 5) is 23.7. The van der Waals surface area contributed by atoms with E-state index in [0.717, 1.165) is 17.0 Å². The topological polar surface area (TPSA) is 84.0 Å². The smallest absolute Gasteiger partial charge is 0.226 e. The molecule has 0 fully saturated rings. The first kappa shape index (κ1) is 17.4. The summed E-state index contributed by atoms with van der Waals surface area (Å²) in [5, 5.41) is 15.0. The summed E-state index contributed by atoms with van der Waals surface area (Å²) < 4.78 is 0. The molecule has 2 N–H and O–H groups in total. The van der Waals surface area contributed by atoms with E-state index < -0.39 is 0 Å². The summed E-state index contributed by atoms with van der Waals surface area (Å²) in [6.07, 6.45) is 0.929. The number of nitrogens with zero attached hydrogens (tertiary/aromatic N) is 2. The molecular formula is C15H17ClN4O2S. The lowest BCUT2D eigenvalue weighted by atomic mass is 10.2. The van der Waals surface area contributed by atoms with Crippen molar-refractivity contribution in [2.45, 2.75) is 33.1 Å². The number of halogens is 1. The Morgan fingerprint density at radius 2 is 1.87 bits per heavy atom. The molecule has 0 saturated heterocycles. The van der Waals surface area contributed by atoms with Gasteiger partial charge in [0.05, 0.1) is 0 Å². The summed E-state index contributed by atoms with van der Waals surface area (Å²) >= 11 is 7.24. The Bertz CT molecular complexity index is 717. The molecule has 0 bridgehead atoms. The zero-order valence-corrected chi connectivity index (χ0v) is 14.4. The van der Waals surface area contributed by atoms with E-state index in [-0.39, 0.29) is 24.7 Å². The maximum absolute atomic E-state index is 11.9. The Labute approximate surface area is 143 Å². The van der Waals surface area contributed by atoms with Crippen molar-refractivity contribution < 1.29 is 9.59 Å². The van der Waals surface area contributed by atoms with Crippen molar-refractivity contribution in [3.05, 3.63) is 33.8 Å². The molecule has 0 radical (unpaired) electrons. The summed E-state index contributed by atoms with van der Waals surface area (Å²) in [5.41, 5.74) is 1.56. The molecular weight excluding hydrogens is 336 g/mol. The Hall–Kier alpha value is -1.99. The van der Waals surface area contributed by atoms with Crippen molar-refractivity contribution >= 4 is 45.6 Å². The minimum absolute atomic E-state index is 0.0759. The lowest BCUT2D eigenvalue weighted by Crippen LogP contribution is -2.17. The number of benzene rings is 1. The van der Waals surface area contributed by atoms with E-state index in [1.807, 2.05) is 19.9 Å². The van der Waals surface area contributed by atoms with Crippen molar-refractivity contribution in [2.24, 2.45) is 0 Å². The Balaban J connectivity index is 1.81. The van der Waals surface area contributed by atoms with Crippen LogP contribution in [0.25, 0.3) is 0 Å². The predicted molar refractivity (Wildman–Crippen MR) is 92.0 cm³/mol. The van der Waals surface area contributed by atoms with Crippen LogP contribution in [0, 0.1) is 6.92 Å². The summed E-state index contributed by atoms with van der Waals surface area (Å²) in [5.74, 6) is -0.501. The van der Waals surface area contributed by atoms with E-state index >= 15 is 0 Å². The minimum Gasteiger partial charge on any atom is -0.326 e. The van der Waals surface area contributed by atoms with Crippen LogP contribution in [0.3, 0.4) is 0 Å². The van der Waals surface area contributed by atoms with Gasteiger partial charge in [0.25, 0.3) is 0 Å². The third-order valence-corrected chi connectivity index (χ3v) is 4.29. The van der Waals surface area contributed by atoms with Crippen molar-refractivity contribution in [3.63, 3.8) is 0 Å². The van der Waals surface area contributed by atoms with Crippen molar-refractivity contribution in [2.75, 3.05) is 10.6 Å². The maximum atomic E-state index is 11.9. The van der Waals surface area contributed by atoms with Crippen LogP contribution in [0.5, 0.6) is 0 Å². The summed E-state index contributed by atoms with van der Waals surface area (Å²) in [7, 11) is 0. The van der Waals surface area contributed by atoms with Gasteiger partial charge in [0.1, 0.15) is 5.01 Å². The normalized spacial score (nSPS) is 10.4. The van der Waals surface area contributed by atoms with E-state index in [0.29, 0.717) is 15.8 Å². The SMILES string of the molecule is CCc1nnc(NC(=O)CCC(=O)Nc2cc(Cl)ccc2C)s1. The Kier molecular flexibility index (Phi) is 6.06. The second-order valence-corrected chi connectivity index (χ2v) is 6.41. The van der Waals surface area contributed by atoms with Crippen LogP contribution in [0.4, 0.5) is 10.8 Å². The van der Waals surface area contributed by atoms with Gasteiger partial charge in [-0.15, -0.1) is 10.2 Å². The van der Waals surface area contributed by atoms with Crippen molar-refractivity contribution in [1.29, 1.82) is 0 Å². The number of rotatable bonds is 6. The molecule has 0 aliphatic heterocycles. The van der Waals surface area contributed by atoms with Gasteiger partial charge in [-0.3, -0.25) is 9.59 Å². The molecule has 8 heteroatoms. The first-order valence-corrected chi connectivity index (χ1v) is 8.35. The quantitative estimate of drug-likeness (QED) is 0.834. The van der Waals surface area contributed by atoms with E-state index in [9.17, 15) is 9.59 Å². The monoisotopic (exact) mass is 352 g/mol. The average Bonchev–Trinajstić information content (AvgIpc) is 2.96. The predicted octanol–water partition coefficient (Wildman–Crippen LogP) is 3.42. The van der Waals surface area contributed by atoms with Crippen LogP contribution in [-0.4, -0.2) is 22.0 Å². The summed E-state index contributed by atoms with van der Waals surface area (Å²) in [6, 6.07) is 5.26. The van der Waals surface area contributed by atoms with Gasteiger partial charge < -0.3 is 10.6 Å². The molecule has 2 aromatic rings. The standard InChI is InChI=1S/C15H17ClN4O2S/c1-3-14-19-20-15(23-14)18-13(22)7-6-12(21)17-11-8-10(16)5-4-9(11)2/h4-5,8H,3,6-7H2,1-2H3,(H,17,21)(H,18,20,22). The molecule has 122 valence electrons. The average molecular weight is 353 g/mol. The molecule has 1 aromatic heterocycles. The van der Waals surface area contributed by atoms with E-state index in [4.69, 9.17) is 11.6 Å². The van der Waals surface area contributed by atoms with E-state index in [1.165, 1.54) is 11.3 Å². The van der Waals surface area contributed by atoms with Crippen LogP contribution in [0.1, 0.15) is 30.3 Å². The number of nitrogens with one attached hydrogen (secondary N) is 2. The van der Waals surface area contributed by atoms with Crippen LogP contribution in [0.2, 0.25) is 5.02 Å². The lowest BCUT2D eigenvalue weighted by molar-refractivity contribution is -0.121. The number of hydrogen-bond acceptors (Lipinski definition) is 5. The van der Waals surface area contributed by atoms with Crippen LogP contribution >= 0.6 is 22.9 Å². The van der Waals surface area contributed by atoms with Gasteiger partial charge in [-0.05, 0) is 31.0 Å². The molecule has 1 heterocycles. The highest BCUT2D eigenvalue weighted by atomic mass is 35.5. The van der Waals surface area contributed by atoms with E-state index in [2.05, 4.69) is 20.8 Å². The molecule has 6 nitrogen and oxygen atoms in total. The molecule has 23 heavy (non-hydrogen) atoms.